The summed E-state index contributed by atoms with van der Waals surface area (Å²) in [5, 5.41) is 3.41. The zero-order valence-electron chi connectivity index (χ0n) is 12.6. The Hall–Kier alpha value is -0.370. The van der Waals surface area contributed by atoms with Crippen molar-refractivity contribution in [2.45, 2.75) is 81.8 Å². The SMILES string of the molecule is C.C.CC(C)C(NC(C)(C)C)C(=O)C(C)(C)C.[CH3-]. The Bertz CT molecular complexity index is 218. The number of ketones is 1. The zero-order valence-corrected chi connectivity index (χ0v) is 12.6. The molecular weight excluding hydrogens is 222 g/mol. The number of hydrogen-bond acceptors (Lipinski definition) is 2. The van der Waals surface area contributed by atoms with Gasteiger partial charge in [0, 0.05) is 11.0 Å². The van der Waals surface area contributed by atoms with Crippen molar-refractivity contribution in [2.24, 2.45) is 11.3 Å². The van der Waals surface area contributed by atoms with Crippen molar-refractivity contribution in [3.05, 3.63) is 7.43 Å². The Kier molecular flexibility index (Phi) is 12.7. The van der Waals surface area contributed by atoms with Gasteiger partial charge in [0.2, 0.25) is 0 Å². The number of carbonyl (C=O) groups is 1. The van der Waals surface area contributed by atoms with Crippen LogP contribution in [-0.4, -0.2) is 17.4 Å². The predicted molar refractivity (Wildman–Crippen MR) is 85.9 cm³/mol. The first-order chi connectivity index (χ1) is 6.45. The van der Waals surface area contributed by atoms with Gasteiger partial charge in [-0.15, -0.1) is 0 Å². The van der Waals surface area contributed by atoms with E-state index in [4.69, 9.17) is 0 Å². The van der Waals surface area contributed by atoms with Gasteiger partial charge >= 0.3 is 0 Å². The molecule has 0 aromatic carbocycles. The lowest BCUT2D eigenvalue weighted by Crippen LogP contribution is -2.53. The van der Waals surface area contributed by atoms with Crippen LogP contribution in [0.1, 0.15) is 70.2 Å². The van der Waals surface area contributed by atoms with Gasteiger partial charge in [0.15, 0.2) is 5.78 Å². The van der Waals surface area contributed by atoms with Crippen LogP contribution in [0.3, 0.4) is 0 Å². The van der Waals surface area contributed by atoms with Gasteiger partial charge in [0.05, 0.1) is 6.04 Å². The molecule has 2 nitrogen and oxygen atoms in total. The molecule has 0 saturated heterocycles. The topological polar surface area (TPSA) is 29.1 Å². The molecule has 0 radical (unpaired) electrons. The summed E-state index contributed by atoms with van der Waals surface area (Å²) in [6.07, 6.45) is 0. The van der Waals surface area contributed by atoms with Crippen molar-refractivity contribution < 1.29 is 4.79 Å². The Labute approximate surface area is 117 Å². The fourth-order valence-electron chi connectivity index (χ4n) is 1.47. The lowest BCUT2D eigenvalue weighted by molar-refractivity contribution is -0.130. The summed E-state index contributed by atoms with van der Waals surface area (Å²) in [6.45, 7) is 16.4. The number of nitrogens with one attached hydrogen (secondary N) is 1. The molecule has 18 heavy (non-hydrogen) atoms. The molecule has 1 N–H and O–H groups in total. The molecule has 0 spiro atoms. The molecule has 2 heteroatoms. The molecule has 0 amide bonds. The molecular formula is C16H38NO-. The first kappa shape index (κ1) is 26.2. The Morgan fingerprint density at radius 3 is 1.44 bits per heavy atom. The van der Waals surface area contributed by atoms with Crippen LogP contribution in [0.15, 0.2) is 0 Å². The standard InChI is InChI=1S/C13H27NO.2CH4.CH3/c1-9(2)10(14-13(6,7)8)11(15)12(3,4)5;;;/h9-10,14H,1-8H3;2*1H4;1H3/q;;;-1. The van der Waals surface area contributed by atoms with Crippen LogP contribution in [0.5, 0.6) is 0 Å². The summed E-state index contributed by atoms with van der Waals surface area (Å²) in [6, 6.07) is -0.0509. The minimum atomic E-state index is -0.271. The van der Waals surface area contributed by atoms with Crippen molar-refractivity contribution in [1.82, 2.24) is 5.32 Å². The van der Waals surface area contributed by atoms with Gasteiger partial charge in [-0.1, -0.05) is 49.5 Å². The molecule has 0 aromatic heterocycles. The third kappa shape index (κ3) is 9.64. The average Bonchev–Trinajstić information content (AvgIpc) is 1.94. The maximum absolute atomic E-state index is 12.2. The third-order valence-corrected chi connectivity index (χ3v) is 2.28. The van der Waals surface area contributed by atoms with Crippen molar-refractivity contribution in [1.29, 1.82) is 0 Å². The van der Waals surface area contributed by atoms with Gasteiger partial charge in [-0.25, -0.2) is 0 Å². The van der Waals surface area contributed by atoms with Crippen LogP contribution in [0.4, 0.5) is 0 Å². The molecule has 0 aliphatic heterocycles. The Morgan fingerprint density at radius 2 is 1.28 bits per heavy atom. The molecule has 0 bridgehead atoms. The van der Waals surface area contributed by atoms with E-state index in [1.807, 2.05) is 20.8 Å². The maximum atomic E-state index is 12.2. The highest BCUT2D eigenvalue weighted by atomic mass is 16.1. The van der Waals surface area contributed by atoms with E-state index in [-0.39, 0.29) is 39.3 Å². The van der Waals surface area contributed by atoms with Gasteiger partial charge in [-0.2, -0.15) is 0 Å². The fourth-order valence-corrected chi connectivity index (χ4v) is 1.47. The zero-order chi connectivity index (χ0) is 12.4. The van der Waals surface area contributed by atoms with E-state index in [9.17, 15) is 4.79 Å². The number of hydrogen-bond donors (Lipinski definition) is 1. The van der Waals surface area contributed by atoms with Gasteiger partial charge in [-0.05, 0) is 26.7 Å². The second-order valence-electron chi connectivity index (χ2n) is 6.73. The molecule has 1 atom stereocenters. The van der Waals surface area contributed by atoms with Crippen molar-refractivity contribution >= 4 is 5.78 Å². The lowest BCUT2D eigenvalue weighted by atomic mass is 9.81. The molecule has 0 aliphatic carbocycles. The van der Waals surface area contributed by atoms with Crippen LogP contribution in [0, 0.1) is 18.8 Å². The summed E-state index contributed by atoms with van der Waals surface area (Å²) < 4.78 is 0. The molecule has 0 heterocycles. The normalized spacial score (nSPS) is 12.9. The minimum Gasteiger partial charge on any atom is -0.358 e. The van der Waals surface area contributed by atoms with Gasteiger partial charge in [-0.3, -0.25) is 4.79 Å². The molecule has 0 fully saturated rings. The van der Waals surface area contributed by atoms with Gasteiger partial charge < -0.3 is 12.7 Å². The summed E-state index contributed by atoms with van der Waals surface area (Å²) in [5.74, 6) is 0.628. The van der Waals surface area contributed by atoms with Crippen LogP contribution in [0.25, 0.3) is 0 Å². The number of Topliss-reactive ketones (excluding diaryl/α,β-unsaturated/α-hetero) is 1. The monoisotopic (exact) mass is 260 g/mol. The van der Waals surface area contributed by atoms with Crippen molar-refractivity contribution in [3.63, 3.8) is 0 Å². The van der Waals surface area contributed by atoms with E-state index < -0.39 is 0 Å². The molecule has 0 saturated carbocycles. The largest absolute Gasteiger partial charge is 0.358 e. The average molecular weight is 260 g/mol. The van der Waals surface area contributed by atoms with Crippen LogP contribution >= 0.6 is 0 Å². The number of carbonyl (C=O) groups excluding carboxylic acids is 1. The smallest absolute Gasteiger partial charge is 0.155 e. The van der Waals surface area contributed by atoms with E-state index in [1.54, 1.807) is 0 Å². The van der Waals surface area contributed by atoms with Gasteiger partial charge in [0.25, 0.3) is 0 Å². The molecule has 0 rings (SSSR count). The molecule has 0 aromatic rings. The predicted octanol–water partition coefficient (Wildman–Crippen LogP) is 4.74. The second kappa shape index (κ2) is 8.68. The highest BCUT2D eigenvalue weighted by molar-refractivity contribution is 5.89. The lowest BCUT2D eigenvalue weighted by Gasteiger charge is -2.34. The van der Waals surface area contributed by atoms with Crippen LogP contribution in [-0.2, 0) is 4.79 Å². The quantitative estimate of drug-likeness (QED) is 0.743. The first-order valence-electron chi connectivity index (χ1n) is 5.77. The van der Waals surface area contributed by atoms with Crippen molar-refractivity contribution in [2.75, 3.05) is 0 Å². The molecule has 0 aliphatic rings. The van der Waals surface area contributed by atoms with Crippen LogP contribution in [0.2, 0.25) is 0 Å². The summed E-state index contributed by atoms with van der Waals surface area (Å²) in [7, 11) is 0. The van der Waals surface area contributed by atoms with E-state index >= 15 is 0 Å². The fraction of sp³-hybridized carbons (Fsp3) is 0.875. The minimum absolute atomic E-state index is 0. The Balaban J connectivity index is -0.000000327. The van der Waals surface area contributed by atoms with Gasteiger partial charge in [0.1, 0.15) is 0 Å². The second-order valence-corrected chi connectivity index (χ2v) is 6.73. The summed E-state index contributed by atoms with van der Waals surface area (Å²) >= 11 is 0. The first-order valence-corrected chi connectivity index (χ1v) is 5.77. The highest BCUT2D eigenvalue weighted by Gasteiger charge is 2.33. The maximum Gasteiger partial charge on any atom is 0.155 e. The highest BCUT2D eigenvalue weighted by Crippen LogP contribution is 2.21. The third-order valence-electron chi connectivity index (χ3n) is 2.28. The molecule has 1 unspecified atom stereocenters. The Morgan fingerprint density at radius 1 is 0.944 bits per heavy atom. The van der Waals surface area contributed by atoms with E-state index in [0.29, 0.717) is 11.7 Å². The van der Waals surface area contributed by atoms with E-state index in [1.165, 1.54) is 0 Å². The summed E-state index contributed by atoms with van der Waals surface area (Å²) in [4.78, 5) is 12.2. The van der Waals surface area contributed by atoms with E-state index in [2.05, 4.69) is 39.9 Å². The molecule has 114 valence electrons. The van der Waals surface area contributed by atoms with E-state index in [0.717, 1.165) is 0 Å². The number of rotatable bonds is 3. The van der Waals surface area contributed by atoms with Crippen molar-refractivity contribution in [3.8, 4) is 0 Å². The van der Waals surface area contributed by atoms with Crippen LogP contribution < -0.4 is 5.32 Å². The summed E-state index contributed by atoms with van der Waals surface area (Å²) in [5.41, 5.74) is -0.289.